The Bertz CT molecular complexity index is 1230. The van der Waals surface area contributed by atoms with Crippen LogP contribution in [0.5, 0.6) is 0 Å². The largest absolute Gasteiger partial charge is 0.465 e. The predicted octanol–water partition coefficient (Wildman–Crippen LogP) is 4.29. The molecule has 0 spiro atoms. The number of nitrogens with one attached hydrogen (secondary N) is 1. The van der Waals surface area contributed by atoms with Crippen LogP contribution in [0.1, 0.15) is 24.8 Å². The molecule has 1 saturated carbocycles. The van der Waals surface area contributed by atoms with Gasteiger partial charge in [0.15, 0.2) is 5.65 Å². The van der Waals surface area contributed by atoms with Gasteiger partial charge < -0.3 is 16.2 Å². The third-order valence-corrected chi connectivity index (χ3v) is 5.86. The number of fused-ring (bicyclic) bond motifs is 1. The fourth-order valence-electron chi connectivity index (χ4n) is 4.19. The highest BCUT2D eigenvalue weighted by Gasteiger charge is 2.40. The summed E-state index contributed by atoms with van der Waals surface area (Å²) in [5.41, 5.74) is 11.4. The number of aromatic nitrogens is 3. The van der Waals surface area contributed by atoms with Crippen LogP contribution >= 0.6 is 0 Å². The third-order valence-electron chi connectivity index (χ3n) is 5.86. The van der Waals surface area contributed by atoms with E-state index in [0.717, 1.165) is 47.3 Å². The Morgan fingerprint density at radius 2 is 1.77 bits per heavy atom. The van der Waals surface area contributed by atoms with Crippen molar-refractivity contribution in [1.82, 2.24) is 19.9 Å². The number of carbonyl (C=O) groups is 1. The first kappa shape index (κ1) is 18.2. The van der Waals surface area contributed by atoms with Crippen molar-refractivity contribution in [1.29, 1.82) is 0 Å². The molecule has 0 atom stereocenters. The molecule has 2 aromatic carbocycles. The van der Waals surface area contributed by atoms with Crippen LogP contribution in [-0.4, -0.2) is 25.8 Å². The summed E-state index contributed by atoms with van der Waals surface area (Å²) in [6.45, 7) is 0. The minimum atomic E-state index is -0.993. The highest BCUT2D eigenvalue weighted by Crippen LogP contribution is 2.42. The van der Waals surface area contributed by atoms with E-state index in [4.69, 9.17) is 10.7 Å². The first-order valence-electron chi connectivity index (χ1n) is 9.88. The lowest BCUT2D eigenvalue weighted by Crippen LogP contribution is -2.50. The Morgan fingerprint density at radius 3 is 2.40 bits per heavy atom. The second kappa shape index (κ2) is 6.88. The number of amides is 1. The number of nitrogens with zero attached hydrogens (tertiary/aromatic N) is 3. The lowest BCUT2D eigenvalue weighted by atomic mass is 9.72. The van der Waals surface area contributed by atoms with E-state index in [9.17, 15) is 9.90 Å². The number of anilines is 1. The molecule has 30 heavy (non-hydrogen) atoms. The maximum atomic E-state index is 11.3. The summed E-state index contributed by atoms with van der Waals surface area (Å²) < 4.78 is 1.77. The van der Waals surface area contributed by atoms with Gasteiger partial charge in [0.1, 0.15) is 5.69 Å². The number of imidazole rings is 1. The second-order valence-electron chi connectivity index (χ2n) is 7.64. The van der Waals surface area contributed by atoms with Crippen LogP contribution in [-0.2, 0) is 5.54 Å². The van der Waals surface area contributed by atoms with Crippen molar-refractivity contribution < 1.29 is 9.90 Å². The van der Waals surface area contributed by atoms with E-state index in [1.165, 1.54) is 0 Å². The molecule has 0 bridgehead atoms. The minimum Gasteiger partial charge on any atom is -0.465 e. The predicted molar refractivity (Wildman–Crippen MR) is 115 cm³/mol. The summed E-state index contributed by atoms with van der Waals surface area (Å²) in [7, 11) is 0. The number of carboxylic acid groups (broad SMARTS) is 1. The molecule has 2 aromatic heterocycles. The smallest absolute Gasteiger partial charge is 0.405 e. The van der Waals surface area contributed by atoms with Gasteiger partial charge in [-0.1, -0.05) is 54.6 Å². The standard InChI is InChI=1S/C23H21N5O2/c24-18-11-14-25-28-20(16-5-2-1-3-6-16)19(26-21(18)28)15-7-9-17(10-8-15)23(12-4-13-23)27-22(29)30/h1-3,5-11,14,27H,4,12-13,24H2,(H,29,30). The molecule has 0 radical (unpaired) electrons. The minimum absolute atomic E-state index is 0.489. The zero-order valence-electron chi connectivity index (χ0n) is 16.2. The van der Waals surface area contributed by atoms with Gasteiger partial charge in [0.2, 0.25) is 0 Å². The van der Waals surface area contributed by atoms with E-state index in [1.54, 1.807) is 16.8 Å². The number of nitrogens with two attached hydrogens (primary N) is 1. The summed E-state index contributed by atoms with van der Waals surface area (Å²) in [5, 5.41) is 16.4. The van der Waals surface area contributed by atoms with Gasteiger partial charge in [-0.15, -0.1) is 0 Å². The number of hydrogen-bond donors (Lipinski definition) is 3. The van der Waals surface area contributed by atoms with Crippen molar-refractivity contribution >= 4 is 17.4 Å². The molecule has 1 aliphatic rings. The van der Waals surface area contributed by atoms with Crippen LogP contribution in [0.3, 0.4) is 0 Å². The van der Waals surface area contributed by atoms with Crippen molar-refractivity contribution in [2.45, 2.75) is 24.8 Å². The molecule has 150 valence electrons. The average Bonchev–Trinajstić information content (AvgIpc) is 3.12. The normalized spacial score (nSPS) is 14.9. The molecule has 0 unspecified atom stereocenters. The van der Waals surface area contributed by atoms with Gasteiger partial charge in [-0.25, -0.2) is 14.3 Å². The maximum absolute atomic E-state index is 11.3. The van der Waals surface area contributed by atoms with Gasteiger partial charge in [0, 0.05) is 11.1 Å². The van der Waals surface area contributed by atoms with Crippen molar-refractivity contribution in [2.24, 2.45) is 0 Å². The van der Waals surface area contributed by atoms with E-state index >= 15 is 0 Å². The Morgan fingerprint density at radius 1 is 1.03 bits per heavy atom. The summed E-state index contributed by atoms with van der Waals surface area (Å²) in [6, 6.07) is 19.7. The SMILES string of the molecule is Nc1ccnn2c(-c3ccccc3)c(-c3ccc(C4(NC(=O)O)CCC4)cc3)nc12. The van der Waals surface area contributed by atoms with E-state index < -0.39 is 11.6 Å². The van der Waals surface area contributed by atoms with E-state index in [2.05, 4.69) is 10.4 Å². The molecule has 1 fully saturated rings. The summed E-state index contributed by atoms with van der Waals surface area (Å²) in [6.07, 6.45) is 3.30. The number of nitrogen functional groups attached to an aromatic ring is 1. The lowest BCUT2D eigenvalue weighted by molar-refractivity contribution is 0.144. The first-order valence-corrected chi connectivity index (χ1v) is 9.88. The molecule has 0 aliphatic heterocycles. The molecule has 4 N–H and O–H groups in total. The maximum Gasteiger partial charge on any atom is 0.405 e. The van der Waals surface area contributed by atoms with Gasteiger partial charge in [-0.3, -0.25) is 0 Å². The van der Waals surface area contributed by atoms with Crippen molar-refractivity contribution in [3.8, 4) is 22.5 Å². The number of benzene rings is 2. The van der Waals surface area contributed by atoms with Gasteiger partial charge in [0.05, 0.1) is 23.1 Å². The molecule has 1 aliphatic carbocycles. The van der Waals surface area contributed by atoms with Gasteiger partial charge >= 0.3 is 6.09 Å². The second-order valence-corrected chi connectivity index (χ2v) is 7.64. The summed E-state index contributed by atoms with van der Waals surface area (Å²) in [4.78, 5) is 16.1. The van der Waals surface area contributed by atoms with Crippen molar-refractivity contribution in [3.05, 3.63) is 72.4 Å². The molecule has 5 rings (SSSR count). The zero-order valence-corrected chi connectivity index (χ0v) is 16.2. The average molecular weight is 399 g/mol. The van der Waals surface area contributed by atoms with E-state index in [-0.39, 0.29) is 0 Å². The van der Waals surface area contributed by atoms with Crippen LogP contribution < -0.4 is 11.1 Å². The molecule has 0 saturated heterocycles. The third kappa shape index (κ3) is 2.86. The quantitative estimate of drug-likeness (QED) is 0.475. The monoisotopic (exact) mass is 399 g/mol. The molecule has 4 aromatic rings. The summed E-state index contributed by atoms with van der Waals surface area (Å²) in [5.74, 6) is 0. The van der Waals surface area contributed by atoms with Crippen LogP contribution in [0.2, 0.25) is 0 Å². The number of rotatable bonds is 4. The fourth-order valence-corrected chi connectivity index (χ4v) is 4.19. The lowest BCUT2D eigenvalue weighted by Gasteiger charge is -2.42. The fraction of sp³-hybridized carbons (Fsp3) is 0.174. The summed E-state index contributed by atoms with van der Waals surface area (Å²) >= 11 is 0. The molecule has 7 heteroatoms. The zero-order chi connectivity index (χ0) is 20.7. The van der Waals surface area contributed by atoms with Crippen LogP contribution in [0.15, 0.2) is 66.9 Å². The number of hydrogen-bond acceptors (Lipinski definition) is 4. The Hall–Kier alpha value is -3.87. The van der Waals surface area contributed by atoms with E-state index in [1.807, 2.05) is 54.6 Å². The first-order chi connectivity index (χ1) is 14.6. The van der Waals surface area contributed by atoms with Crippen LogP contribution in [0, 0.1) is 0 Å². The van der Waals surface area contributed by atoms with Gasteiger partial charge in [-0.2, -0.15) is 5.10 Å². The topological polar surface area (TPSA) is 106 Å². The molecular weight excluding hydrogens is 378 g/mol. The molecular formula is C23H21N5O2. The van der Waals surface area contributed by atoms with Crippen LogP contribution in [0.4, 0.5) is 10.5 Å². The molecule has 1 amide bonds. The van der Waals surface area contributed by atoms with Gasteiger partial charge in [0.25, 0.3) is 0 Å². The molecule has 2 heterocycles. The molecule has 7 nitrogen and oxygen atoms in total. The Labute approximate surface area is 173 Å². The van der Waals surface area contributed by atoms with Crippen molar-refractivity contribution in [3.63, 3.8) is 0 Å². The van der Waals surface area contributed by atoms with Crippen molar-refractivity contribution in [2.75, 3.05) is 5.73 Å². The Balaban J connectivity index is 1.63. The van der Waals surface area contributed by atoms with E-state index in [0.29, 0.717) is 11.3 Å². The Kier molecular flexibility index (Phi) is 4.17. The highest BCUT2D eigenvalue weighted by atomic mass is 16.4. The van der Waals surface area contributed by atoms with Gasteiger partial charge in [-0.05, 0) is 30.9 Å². The highest BCUT2D eigenvalue weighted by molar-refractivity contribution is 5.84. The van der Waals surface area contributed by atoms with Crippen LogP contribution in [0.25, 0.3) is 28.2 Å².